The fraction of sp³-hybridized carbons (Fsp3) is 0.800. The maximum atomic E-state index is 8.99. The van der Waals surface area contributed by atoms with Crippen LogP contribution in [0.5, 0.6) is 0 Å². The first-order valence-corrected chi connectivity index (χ1v) is 4.43. The largest absolute Gasteiger partial charge is 0.395 e. The van der Waals surface area contributed by atoms with Crippen molar-refractivity contribution in [3.05, 3.63) is 0 Å². The van der Waals surface area contributed by atoms with Gasteiger partial charge in [0.2, 0.25) is 0 Å². The van der Waals surface area contributed by atoms with Crippen molar-refractivity contribution in [2.24, 2.45) is 5.92 Å². The van der Waals surface area contributed by atoms with Crippen LogP contribution in [0.15, 0.2) is 0 Å². The second kappa shape index (κ2) is 6.05. The summed E-state index contributed by atoms with van der Waals surface area (Å²) < 4.78 is 0. The van der Waals surface area contributed by atoms with Crippen molar-refractivity contribution in [1.29, 1.82) is 0 Å². The first-order chi connectivity index (χ1) is 5.60. The zero-order valence-corrected chi connectivity index (χ0v) is 8.17. The average molecular weight is 169 g/mol. The molecule has 0 rings (SSSR count). The minimum atomic E-state index is 0.0425. The van der Waals surface area contributed by atoms with Crippen molar-refractivity contribution in [3.63, 3.8) is 0 Å². The summed E-state index contributed by atoms with van der Waals surface area (Å²) in [5, 5.41) is 12.1. The molecule has 2 atom stereocenters. The fourth-order valence-electron chi connectivity index (χ4n) is 1.17. The molecule has 0 radical (unpaired) electrons. The summed E-state index contributed by atoms with van der Waals surface area (Å²) in [5.41, 5.74) is 0. The zero-order valence-electron chi connectivity index (χ0n) is 8.17. The second-order valence-electron chi connectivity index (χ2n) is 3.56. The van der Waals surface area contributed by atoms with Gasteiger partial charge in [-0.15, -0.1) is 6.42 Å². The highest BCUT2D eigenvalue weighted by Gasteiger charge is 2.10. The molecule has 2 unspecified atom stereocenters. The van der Waals surface area contributed by atoms with E-state index in [2.05, 4.69) is 25.1 Å². The van der Waals surface area contributed by atoms with E-state index in [9.17, 15) is 0 Å². The van der Waals surface area contributed by atoms with E-state index >= 15 is 0 Å². The molecule has 0 aliphatic heterocycles. The van der Waals surface area contributed by atoms with E-state index in [1.54, 1.807) is 0 Å². The first kappa shape index (κ1) is 11.5. The van der Waals surface area contributed by atoms with Crippen LogP contribution in [0.3, 0.4) is 0 Å². The van der Waals surface area contributed by atoms with Crippen LogP contribution in [0.25, 0.3) is 0 Å². The summed E-state index contributed by atoms with van der Waals surface area (Å²) in [5.74, 6) is 3.16. The van der Waals surface area contributed by atoms with E-state index in [-0.39, 0.29) is 18.7 Å². The molecular formula is C10H19NO. The van der Waals surface area contributed by atoms with Gasteiger partial charge in [-0.3, -0.25) is 5.32 Å². The Morgan fingerprint density at radius 3 is 2.33 bits per heavy atom. The maximum Gasteiger partial charge on any atom is 0.0661 e. The van der Waals surface area contributed by atoms with Crippen LogP contribution < -0.4 is 5.32 Å². The summed E-state index contributed by atoms with van der Waals surface area (Å²) >= 11 is 0. The van der Waals surface area contributed by atoms with Gasteiger partial charge in [-0.25, -0.2) is 0 Å². The van der Waals surface area contributed by atoms with Gasteiger partial charge in [0.05, 0.1) is 12.6 Å². The van der Waals surface area contributed by atoms with E-state index < -0.39 is 0 Å². The van der Waals surface area contributed by atoms with Crippen LogP contribution in [-0.4, -0.2) is 23.8 Å². The molecule has 0 heterocycles. The average Bonchev–Trinajstić information content (AvgIpc) is 2.02. The number of aliphatic hydroxyl groups is 1. The Kier molecular flexibility index (Phi) is 5.79. The molecule has 0 aliphatic carbocycles. The molecule has 0 fully saturated rings. The normalized spacial score (nSPS) is 15.7. The standard InChI is InChI=1S/C10H19NO/c1-5-9(4)11-10(7-12)6-8(2)3/h1,8-12H,6-7H2,2-4H3. The van der Waals surface area contributed by atoms with Gasteiger partial charge in [0.25, 0.3) is 0 Å². The number of hydrogen-bond acceptors (Lipinski definition) is 2. The third-order valence-electron chi connectivity index (χ3n) is 1.71. The Morgan fingerprint density at radius 1 is 1.42 bits per heavy atom. The Balaban J connectivity index is 3.76. The van der Waals surface area contributed by atoms with Crippen molar-refractivity contribution in [2.75, 3.05) is 6.61 Å². The van der Waals surface area contributed by atoms with Crippen LogP contribution in [-0.2, 0) is 0 Å². The van der Waals surface area contributed by atoms with Gasteiger partial charge in [0.15, 0.2) is 0 Å². The minimum Gasteiger partial charge on any atom is -0.395 e. The molecule has 2 N–H and O–H groups in total. The van der Waals surface area contributed by atoms with E-state index in [1.807, 2.05) is 6.92 Å². The lowest BCUT2D eigenvalue weighted by atomic mass is 10.0. The molecule has 2 nitrogen and oxygen atoms in total. The van der Waals surface area contributed by atoms with Crippen LogP contribution in [0.4, 0.5) is 0 Å². The fourth-order valence-corrected chi connectivity index (χ4v) is 1.17. The molecule has 0 saturated carbocycles. The van der Waals surface area contributed by atoms with E-state index in [0.717, 1.165) is 6.42 Å². The van der Waals surface area contributed by atoms with Crippen molar-refractivity contribution in [2.45, 2.75) is 39.3 Å². The first-order valence-electron chi connectivity index (χ1n) is 4.43. The number of hydrogen-bond donors (Lipinski definition) is 2. The Bertz CT molecular complexity index is 148. The van der Waals surface area contributed by atoms with Crippen molar-refractivity contribution in [3.8, 4) is 12.3 Å². The lowest BCUT2D eigenvalue weighted by Gasteiger charge is -2.20. The second-order valence-corrected chi connectivity index (χ2v) is 3.56. The monoisotopic (exact) mass is 169 g/mol. The molecule has 0 aromatic rings. The van der Waals surface area contributed by atoms with Gasteiger partial charge in [0.1, 0.15) is 0 Å². The highest BCUT2D eigenvalue weighted by atomic mass is 16.3. The van der Waals surface area contributed by atoms with E-state index in [1.165, 1.54) is 0 Å². The highest BCUT2D eigenvalue weighted by Crippen LogP contribution is 2.04. The molecule has 0 amide bonds. The molecule has 0 saturated heterocycles. The van der Waals surface area contributed by atoms with Crippen molar-refractivity contribution >= 4 is 0 Å². The van der Waals surface area contributed by atoms with Crippen LogP contribution in [0.1, 0.15) is 27.2 Å². The summed E-state index contributed by atoms with van der Waals surface area (Å²) in [7, 11) is 0. The smallest absolute Gasteiger partial charge is 0.0661 e. The molecule has 12 heavy (non-hydrogen) atoms. The molecule has 0 aliphatic rings. The third-order valence-corrected chi connectivity index (χ3v) is 1.71. The van der Waals surface area contributed by atoms with Crippen molar-refractivity contribution in [1.82, 2.24) is 5.32 Å². The summed E-state index contributed by atoms with van der Waals surface area (Å²) in [4.78, 5) is 0. The number of nitrogens with one attached hydrogen (secondary N) is 1. The number of aliphatic hydroxyl groups excluding tert-OH is 1. The lowest BCUT2D eigenvalue weighted by molar-refractivity contribution is 0.221. The van der Waals surface area contributed by atoms with Gasteiger partial charge in [-0.05, 0) is 19.3 Å². The minimum absolute atomic E-state index is 0.0425. The molecule has 0 bridgehead atoms. The lowest BCUT2D eigenvalue weighted by Crippen LogP contribution is -2.39. The summed E-state index contributed by atoms with van der Waals surface area (Å²) in [6, 6.07) is 0.178. The Morgan fingerprint density at radius 2 is 2.00 bits per heavy atom. The molecule has 0 aromatic carbocycles. The molecule has 70 valence electrons. The van der Waals surface area contributed by atoms with E-state index in [0.29, 0.717) is 5.92 Å². The maximum absolute atomic E-state index is 8.99. The molecule has 0 spiro atoms. The molecule has 2 heteroatoms. The molecular weight excluding hydrogens is 150 g/mol. The number of rotatable bonds is 5. The quantitative estimate of drug-likeness (QED) is 0.602. The van der Waals surface area contributed by atoms with Gasteiger partial charge >= 0.3 is 0 Å². The Labute approximate surface area is 75.4 Å². The third kappa shape index (κ3) is 5.17. The Hall–Kier alpha value is -0.520. The predicted molar refractivity (Wildman–Crippen MR) is 51.8 cm³/mol. The van der Waals surface area contributed by atoms with E-state index in [4.69, 9.17) is 11.5 Å². The highest BCUT2D eigenvalue weighted by molar-refractivity contribution is 4.97. The van der Waals surface area contributed by atoms with Crippen LogP contribution >= 0.6 is 0 Å². The van der Waals surface area contributed by atoms with Crippen LogP contribution in [0.2, 0.25) is 0 Å². The van der Waals surface area contributed by atoms with Crippen molar-refractivity contribution < 1.29 is 5.11 Å². The molecule has 0 aromatic heterocycles. The predicted octanol–water partition coefficient (Wildman–Crippen LogP) is 1.00. The zero-order chi connectivity index (χ0) is 9.56. The van der Waals surface area contributed by atoms with Gasteiger partial charge < -0.3 is 5.11 Å². The number of terminal acetylenes is 1. The van der Waals surface area contributed by atoms with Gasteiger partial charge in [0, 0.05) is 6.04 Å². The summed E-state index contributed by atoms with van der Waals surface area (Å²) in [6.45, 7) is 6.34. The van der Waals surface area contributed by atoms with Gasteiger partial charge in [-0.2, -0.15) is 0 Å². The summed E-state index contributed by atoms with van der Waals surface area (Å²) in [6.07, 6.45) is 6.17. The topological polar surface area (TPSA) is 32.3 Å². The van der Waals surface area contributed by atoms with Crippen LogP contribution in [0, 0.1) is 18.3 Å². The SMILES string of the molecule is C#CC(C)NC(CO)CC(C)C. The van der Waals surface area contributed by atoms with Gasteiger partial charge in [-0.1, -0.05) is 19.8 Å².